The topological polar surface area (TPSA) is 101 Å². The second-order valence-corrected chi connectivity index (χ2v) is 7.70. The predicted octanol–water partition coefficient (Wildman–Crippen LogP) is 4.87. The van der Waals surface area contributed by atoms with E-state index in [4.69, 9.17) is 11.6 Å². The molecule has 0 saturated carbocycles. The third-order valence-corrected chi connectivity index (χ3v) is 5.52. The standard InChI is InChI=1S/C24H17ClN2O5/c25-18-10-6-17(7-11-18)22(28)20-21(16-8-12-19(13-9-16)27(31)32)26(24(30)23(20)29)14-15-4-2-1-3-5-15/h1-13,21,28H,14H2/b22-20+/t21-/m0/s1. The lowest BCUT2D eigenvalue weighted by molar-refractivity contribution is -0.384. The van der Waals surface area contributed by atoms with Gasteiger partial charge in [0.25, 0.3) is 17.4 Å². The molecule has 0 bridgehead atoms. The number of aliphatic hydroxyl groups excluding tert-OH is 1. The first-order valence-electron chi connectivity index (χ1n) is 9.69. The van der Waals surface area contributed by atoms with Gasteiger partial charge in [-0.1, -0.05) is 41.9 Å². The van der Waals surface area contributed by atoms with Crippen LogP contribution in [-0.2, 0) is 16.1 Å². The Balaban J connectivity index is 1.85. The summed E-state index contributed by atoms with van der Waals surface area (Å²) in [5.74, 6) is -1.91. The van der Waals surface area contributed by atoms with Gasteiger partial charge in [0.2, 0.25) is 0 Å². The molecule has 1 amide bonds. The normalized spacial score (nSPS) is 17.5. The monoisotopic (exact) mass is 448 g/mol. The highest BCUT2D eigenvalue weighted by Crippen LogP contribution is 2.40. The molecule has 160 valence electrons. The van der Waals surface area contributed by atoms with Crippen molar-refractivity contribution in [1.29, 1.82) is 0 Å². The summed E-state index contributed by atoms with van der Waals surface area (Å²) in [6, 6.07) is 20.0. The van der Waals surface area contributed by atoms with Crippen molar-refractivity contribution >= 4 is 34.7 Å². The summed E-state index contributed by atoms with van der Waals surface area (Å²) >= 11 is 5.92. The maximum atomic E-state index is 13.0. The number of nitro groups is 1. The average molecular weight is 449 g/mol. The molecule has 1 saturated heterocycles. The van der Waals surface area contributed by atoms with E-state index in [1.807, 2.05) is 30.3 Å². The van der Waals surface area contributed by atoms with Crippen LogP contribution in [0.15, 0.2) is 84.4 Å². The van der Waals surface area contributed by atoms with Gasteiger partial charge in [0.15, 0.2) is 0 Å². The Morgan fingerprint density at radius 1 is 0.969 bits per heavy atom. The van der Waals surface area contributed by atoms with Crippen LogP contribution in [0.1, 0.15) is 22.7 Å². The lowest BCUT2D eigenvalue weighted by Crippen LogP contribution is -2.29. The van der Waals surface area contributed by atoms with E-state index in [-0.39, 0.29) is 23.6 Å². The highest BCUT2D eigenvalue weighted by atomic mass is 35.5. The van der Waals surface area contributed by atoms with Crippen molar-refractivity contribution < 1.29 is 19.6 Å². The number of carbonyl (C=O) groups excluding carboxylic acids is 2. The van der Waals surface area contributed by atoms with Crippen LogP contribution in [-0.4, -0.2) is 26.6 Å². The molecule has 3 aromatic rings. The molecule has 1 fully saturated rings. The molecule has 1 aliphatic rings. The van der Waals surface area contributed by atoms with Gasteiger partial charge in [0, 0.05) is 29.3 Å². The van der Waals surface area contributed by atoms with Crippen molar-refractivity contribution in [3.05, 3.63) is 116 Å². The number of nitro benzene ring substituents is 1. The van der Waals surface area contributed by atoms with E-state index in [9.17, 15) is 24.8 Å². The Morgan fingerprint density at radius 2 is 1.59 bits per heavy atom. The lowest BCUT2D eigenvalue weighted by atomic mass is 9.95. The van der Waals surface area contributed by atoms with Crippen LogP contribution >= 0.6 is 11.6 Å². The number of hydrogen-bond acceptors (Lipinski definition) is 5. The Labute approximate surface area is 188 Å². The maximum absolute atomic E-state index is 13.0. The molecular weight excluding hydrogens is 432 g/mol. The van der Waals surface area contributed by atoms with Gasteiger partial charge < -0.3 is 10.0 Å². The van der Waals surface area contributed by atoms with E-state index in [0.29, 0.717) is 16.1 Å². The van der Waals surface area contributed by atoms with Crippen LogP contribution in [0.4, 0.5) is 5.69 Å². The fraction of sp³-hybridized carbons (Fsp3) is 0.0833. The number of aliphatic hydroxyl groups is 1. The van der Waals surface area contributed by atoms with E-state index >= 15 is 0 Å². The zero-order valence-electron chi connectivity index (χ0n) is 16.6. The number of halogens is 1. The van der Waals surface area contributed by atoms with Gasteiger partial charge in [-0.25, -0.2) is 0 Å². The van der Waals surface area contributed by atoms with Gasteiger partial charge in [-0.2, -0.15) is 0 Å². The maximum Gasteiger partial charge on any atom is 0.295 e. The molecular formula is C24H17ClN2O5. The predicted molar refractivity (Wildman–Crippen MR) is 119 cm³/mol. The summed E-state index contributed by atoms with van der Waals surface area (Å²) < 4.78 is 0. The summed E-state index contributed by atoms with van der Waals surface area (Å²) in [6.45, 7) is 0.129. The minimum atomic E-state index is -0.910. The van der Waals surface area contributed by atoms with Crippen LogP contribution in [0, 0.1) is 10.1 Å². The summed E-state index contributed by atoms with van der Waals surface area (Å²) in [6.07, 6.45) is 0. The molecule has 32 heavy (non-hydrogen) atoms. The molecule has 1 aliphatic heterocycles. The van der Waals surface area contributed by atoms with Crippen molar-refractivity contribution in [2.45, 2.75) is 12.6 Å². The van der Waals surface area contributed by atoms with Crippen LogP contribution in [0.25, 0.3) is 5.76 Å². The minimum absolute atomic E-state index is 0.0814. The largest absolute Gasteiger partial charge is 0.507 e. The average Bonchev–Trinajstić information content (AvgIpc) is 3.05. The Bertz CT molecular complexity index is 1220. The number of Topliss-reactive ketones (excluding diaryl/α,β-unsaturated/α-hetero) is 1. The number of ketones is 1. The van der Waals surface area contributed by atoms with Crippen LogP contribution in [0.5, 0.6) is 0 Å². The number of nitrogens with zero attached hydrogens (tertiary/aromatic N) is 2. The third kappa shape index (κ3) is 3.98. The van der Waals surface area contributed by atoms with E-state index in [1.54, 1.807) is 24.3 Å². The summed E-state index contributed by atoms with van der Waals surface area (Å²) in [5, 5.41) is 22.5. The fourth-order valence-electron chi connectivity index (χ4n) is 3.71. The molecule has 8 heteroatoms. The Hall–Kier alpha value is -3.97. The van der Waals surface area contributed by atoms with E-state index in [1.165, 1.54) is 29.2 Å². The molecule has 7 nitrogen and oxygen atoms in total. The molecule has 1 heterocycles. The van der Waals surface area contributed by atoms with Crippen molar-refractivity contribution in [2.24, 2.45) is 0 Å². The molecule has 0 unspecified atom stereocenters. The fourth-order valence-corrected chi connectivity index (χ4v) is 3.84. The third-order valence-electron chi connectivity index (χ3n) is 5.27. The summed E-state index contributed by atoms with van der Waals surface area (Å²) in [7, 11) is 0. The Kier molecular flexibility index (Phi) is 5.75. The number of benzene rings is 3. The van der Waals surface area contributed by atoms with E-state index in [0.717, 1.165) is 5.56 Å². The van der Waals surface area contributed by atoms with Crippen LogP contribution in [0.2, 0.25) is 5.02 Å². The number of non-ortho nitro benzene ring substituents is 1. The number of amides is 1. The van der Waals surface area contributed by atoms with Crippen molar-refractivity contribution in [3.63, 3.8) is 0 Å². The minimum Gasteiger partial charge on any atom is -0.507 e. The summed E-state index contributed by atoms with van der Waals surface area (Å²) in [5.41, 5.74) is 1.40. The van der Waals surface area contributed by atoms with Crippen LogP contribution in [0.3, 0.4) is 0 Å². The first kappa shape index (κ1) is 21.3. The molecule has 0 radical (unpaired) electrons. The number of rotatable bonds is 5. The van der Waals surface area contributed by atoms with Crippen molar-refractivity contribution in [3.8, 4) is 0 Å². The van der Waals surface area contributed by atoms with Crippen LogP contribution < -0.4 is 0 Å². The smallest absolute Gasteiger partial charge is 0.295 e. The molecule has 1 N–H and O–H groups in total. The number of hydrogen-bond donors (Lipinski definition) is 1. The number of carbonyl (C=O) groups is 2. The highest BCUT2D eigenvalue weighted by Gasteiger charge is 2.46. The van der Waals surface area contributed by atoms with Crippen molar-refractivity contribution in [2.75, 3.05) is 0 Å². The SMILES string of the molecule is O=C1C(=O)N(Cc2ccccc2)[C@@H](c2ccc([N+](=O)[O-])cc2)/C1=C(\O)c1ccc(Cl)cc1. The van der Waals surface area contributed by atoms with Gasteiger partial charge in [0.1, 0.15) is 5.76 Å². The van der Waals surface area contributed by atoms with Gasteiger partial charge in [-0.05, 0) is 47.5 Å². The molecule has 1 atom stereocenters. The first-order valence-corrected chi connectivity index (χ1v) is 10.1. The molecule has 0 aliphatic carbocycles. The van der Waals surface area contributed by atoms with Crippen molar-refractivity contribution in [1.82, 2.24) is 4.90 Å². The van der Waals surface area contributed by atoms with Gasteiger partial charge in [-0.15, -0.1) is 0 Å². The van der Waals surface area contributed by atoms with Gasteiger partial charge >= 0.3 is 0 Å². The second kappa shape index (κ2) is 8.64. The number of likely N-dealkylation sites (tertiary alicyclic amines) is 1. The molecule has 0 spiro atoms. The second-order valence-electron chi connectivity index (χ2n) is 7.27. The lowest BCUT2D eigenvalue weighted by Gasteiger charge is -2.25. The zero-order chi connectivity index (χ0) is 22.8. The zero-order valence-corrected chi connectivity index (χ0v) is 17.4. The molecule has 0 aromatic heterocycles. The molecule has 4 rings (SSSR count). The quantitative estimate of drug-likeness (QED) is 0.197. The Morgan fingerprint density at radius 3 is 2.19 bits per heavy atom. The first-order chi connectivity index (χ1) is 15.4. The summed E-state index contributed by atoms with van der Waals surface area (Å²) in [4.78, 5) is 37.9. The highest BCUT2D eigenvalue weighted by molar-refractivity contribution is 6.46. The van der Waals surface area contributed by atoms with Gasteiger partial charge in [-0.3, -0.25) is 19.7 Å². The van der Waals surface area contributed by atoms with E-state index in [2.05, 4.69) is 0 Å². The van der Waals surface area contributed by atoms with E-state index < -0.39 is 22.7 Å². The van der Waals surface area contributed by atoms with Gasteiger partial charge in [0.05, 0.1) is 16.5 Å². The molecule has 3 aromatic carbocycles.